The summed E-state index contributed by atoms with van der Waals surface area (Å²) in [6, 6.07) is 13.8. The molecule has 2 amide bonds. The van der Waals surface area contributed by atoms with Crippen LogP contribution in [0, 0.1) is 0 Å². The molecule has 32 heavy (non-hydrogen) atoms. The Labute approximate surface area is 187 Å². The van der Waals surface area contributed by atoms with E-state index in [4.69, 9.17) is 14.3 Å². The molecule has 1 N–H and O–H groups in total. The topological polar surface area (TPSA) is 89.5 Å². The normalized spacial score (nSPS) is 14.7. The molecule has 8 heteroatoms. The number of carbonyl (C=O) groups is 2. The molecule has 168 valence electrons. The fraction of sp³-hybridized carbons (Fsp3) is 0.292. The number of esters is 1. The first kappa shape index (κ1) is 22.9. The Morgan fingerprint density at radius 1 is 1.25 bits per heavy atom. The molecule has 2 aromatic rings. The summed E-state index contributed by atoms with van der Waals surface area (Å²) < 4.78 is 10.4. The van der Waals surface area contributed by atoms with E-state index in [9.17, 15) is 9.59 Å². The van der Waals surface area contributed by atoms with Gasteiger partial charge in [0.25, 0.3) is 0 Å². The van der Waals surface area contributed by atoms with Gasteiger partial charge in [-0.3, -0.25) is 0 Å². The maximum absolute atomic E-state index is 12.8. The van der Waals surface area contributed by atoms with Crippen LogP contribution >= 0.6 is 0 Å². The van der Waals surface area contributed by atoms with Crippen LogP contribution in [0.15, 0.2) is 66.3 Å². The quantitative estimate of drug-likeness (QED) is 0.472. The molecule has 2 aromatic carbocycles. The number of hydrogen-bond donors (Lipinski definition) is 1. The lowest BCUT2D eigenvalue weighted by atomic mass is 10.0. The van der Waals surface area contributed by atoms with Gasteiger partial charge in [-0.25, -0.2) is 9.59 Å². The zero-order chi connectivity index (χ0) is 22.9. The average molecular weight is 437 g/mol. The number of ether oxygens (including phenoxy) is 2. The summed E-state index contributed by atoms with van der Waals surface area (Å²) in [6.45, 7) is 6.47. The number of nitrogens with zero attached hydrogens (tertiary/aromatic N) is 2. The van der Waals surface area contributed by atoms with E-state index >= 15 is 0 Å². The van der Waals surface area contributed by atoms with Gasteiger partial charge in [-0.1, -0.05) is 23.4 Å². The van der Waals surface area contributed by atoms with Crippen LogP contribution in [0.5, 0.6) is 5.75 Å². The summed E-state index contributed by atoms with van der Waals surface area (Å²) in [6.07, 6.45) is 1.92. The highest BCUT2D eigenvalue weighted by atomic mass is 16.6. The molecule has 0 bridgehead atoms. The summed E-state index contributed by atoms with van der Waals surface area (Å²) in [4.78, 5) is 31.8. The number of anilines is 1. The van der Waals surface area contributed by atoms with E-state index in [1.165, 1.54) is 0 Å². The maximum Gasteiger partial charge on any atom is 0.338 e. The lowest BCUT2D eigenvalue weighted by molar-refractivity contribution is 0.0526. The molecule has 0 aliphatic carbocycles. The smallest absolute Gasteiger partial charge is 0.338 e. The molecule has 3 rings (SSSR count). The highest BCUT2D eigenvalue weighted by Gasteiger charge is 2.27. The van der Waals surface area contributed by atoms with Crippen molar-refractivity contribution in [1.29, 1.82) is 0 Å². The highest BCUT2D eigenvalue weighted by molar-refractivity contribution is 6.03. The second kappa shape index (κ2) is 11.0. The van der Waals surface area contributed by atoms with Gasteiger partial charge in [0, 0.05) is 24.2 Å². The SMILES string of the molecule is C=CCN(CC1CC(c2ccccc2OC)=NO1)C(=O)Nc1ccc(C(=O)OCC)cc1. The molecular formula is C24H27N3O5. The van der Waals surface area contributed by atoms with E-state index in [0.717, 1.165) is 17.0 Å². The third-order valence-electron chi connectivity index (χ3n) is 4.86. The van der Waals surface area contributed by atoms with Crippen LogP contribution in [0.4, 0.5) is 10.5 Å². The largest absolute Gasteiger partial charge is 0.496 e. The van der Waals surface area contributed by atoms with E-state index in [-0.39, 0.29) is 12.1 Å². The van der Waals surface area contributed by atoms with Crippen molar-refractivity contribution in [3.63, 3.8) is 0 Å². The molecule has 0 aromatic heterocycles. The van der Waals surface area contributed by atoms with Crippen LogP contribution in [-0.2, 0) is 9.57 Å². The summed E-state index contributed by atoms with van der Waals surface area (Å²) in [5.41, 5.74) is 2.64. The number of urea groups is 1. The average Bonchev–Trinajstić information content (AvgIpc) is 3.27. The van der Waals surface area contributed by atoms with Gasteiger partial charge in [0.05, 0.1) is 31.5 Å². The second-order valence-electron chi connectivity index (χ2n) is 7.09. The number of para-hydroxylation sites is 1. The summed E-state index contributed by atoms with van der Waals surface area (Å²) >= 11 is 0. The third-order valence-corrected chi connectivity index (χ3v) is 4.86. The molecule has 0 saturated carbocycles. The summed E-state index contributed by atoms with van der Waals surface area (Å²) in [5.74, 6) is 0.324. The zero-order valence-corrected chi connectivity index (χ0v) is 18.2. The number of carbonyl (C=O) groups excluding carboxylic acids is 2. The molecule has 0 radical (unpaired) electrons. The van der Waals surface area contributed by atoms with Crippen molar-refractivity contribution in [3.8, 4) is 5.75 Å². The molecule has 0 saturated heterocycles. The zero-order valence-electron chi connectivity index (χ0n) is 18.2. The van der Waals surface area contributed by atoms with E-state index in [2.05, 4.69) is 17.1 Å². The first-order valence-electron chi connectivity index (χ1n) is 10.4. The number of methoxy groups -OCH3 is 1. The molecular weight excluding hydrogens is 410 g/mol. The van der Waals surface area contributed by atoms with Gasteiger partial charge in [-0.05, 0) is 43.3 Å². The molecule has 1 atom stereocenters. The molecule has 1 unspecified atom stereocenters. The number of benzene rings is 2. The first-order valence-corrected chi connectivity index (χ1v) is 10.4. The Bertz CT molecular complexity index is 987. The Balaban J connectivity index is 1.60. The minimum atomic E-state index is -0.400. The minimum absolute atomic E-state index is 0.285. The molecule has 8 nitrogen and oxygen atoms in total. The number of hydrogen-bond acceptors (Lipinski definition) is 6. The van der Waals surface area contributed by atoms with Gasteiger partial charge < -0.3 is 24.5 Å². The van der Waals surface area contributed by atoms with Crippen molar-refractivity contribution in [2.75, 3.05) is 32.1 Å². The Kier molecular flexibility index (Phi) is 7.85. The Morgan fingerprint density at radius 2 is 2.00 bits per heavy atom. The summed E-state index contributed by atoms with van der Waals surface area (Å²) in [5, 5.41) is 7.04. The predicted octanol–water partition coefficient (Wildman–Crippen LogP) is 4.09. The van der Waals surface area contributed by atoms with E-state index in [1.54, 1.807) is 49.3 Å². The van der Waals surface area contributed by atoms with Gasteiger partial charge in [0.15, 0.2) is 6.10 Å². The van der Waals surface area contributed by atoms with Crippen molar-refractivity contribution in [2.24, 2.45) is 5.16 Å². The minimum Gasteiger partial charge on any atom is -0.496 e. The van der Waals surface area contributed by atoms with Crippen LogP contribution < -0.4 is 10.1 Å². The van der Waals surface area contributed by atoms with Gasteiger partial charge >= 0.3 is 12.0 Å². The standard InChI is InChI=1S/C24H27N3O5/c1-4-14-27(24(29)25-18-12-10-17(11-13-18)23(28)31-5-2)16-19-15-21(26-32-19)20-8-6-7-9-22(20)30-3/h4,6-13,19H,1,5,14-16H2,2-3H3,(H,25,29). The van der Waals surface area contributed by atoms with Crippen LogP contribution in [-0.4, -0.2) is 55.5 Å². The van der Waals surface area contributed by atoms with E-state index in [0.29, 0.717) is 37.4 Å². The van der Waals surface area contributed by atoms with E-state index in [1.807, 2.05) is 24.3 Å². The van der Waals surface area contributed by atoms with E-state index < -0.39 is 5.97 Å². The molecule has 0 spiro atoms. The fourth-order valence-electron chi connectivity index (χ4n) is 3.32. The number of oxime groups is 1. The molecule has 0 fully saturated rings. The van der Waals surface area contributed by atoms with Crippen molar-refractivity contribution < 1.29 is 23.9 Å². The van der Waals surface area contributed by atoms with Gasteiger partial charge in [0.1, 0.15) is 5.75 Å². The number of rotatable bonds is 9. The predicted molar refractivity (Wildman–Crippen MR) is 122 cm³/mol. The Morgan fingerprint density at radius 3 is 2.69 bits per heavy atom. The Hall–Kier alpha value is -3.81. The van der Waals surface area contributed by atoms with Crippen LogP contribution in [0.3, 0.4) is 0 Å². The fourth-order valence-corrected chi connectivity index (χ4v) is 3.32. The molecule has 1 aliphatic rings. The van der Waals surface area contributed by atoms with Crippen molar-refractivity contribution in [1.82, 2.24) is 4.90 Å². The lowest BCUT2D eigenvalue weighted by Gasteiger charge is -2.24. The van der Waals surface area contributed by atoms with Crippen molar-refractivity contribution >= 4 is 23.4 Å². The molecule has 1 aliphatic heterocycles. The van der Waals surface area contributed by atoms with Gasteiger partial charge in [-0.2, -0.15) is 0 Å². The second-order valence-corrected chi connectivity index (χ2v) is 7.09. The van der Waals surface area contributed by atoms with Gasteiger partial charge in [0.2, 0.25) is 0 Å². The van der Waals surface area contributed by atoms with Crippen LogP contribution in [0.25, 0.3) is 0 Å². The monoisotopic (exact) mass is 437 g/mol. The lowest BCUT2D eigenvalue weighted by Crippen LogP contribution is -2.40. The van der Waals surface area contributed by atoms with Gasteiger partial charge in [-0.15, -0.1) is 6.58 Å². The maximum atomic E-state index is 12.8. The number of amides is 2. The first-order chi connectivity index (χ1) is 15.5. The van der Waals surface area contributed by atoms with Crippen molar-refractivity contribution in [3.05, 3.63) is 72.3 Å². The van der Waals surface area contributed by atoms with Crippen LogP contribution in [0.1, 0.15) is 29.3 Å². The third kappa shape index (κ3) is 5.66. The summed E-state index contributed by atoms with van der Waals surface area (Å²) in [7, 11) is 1.61. The van der Waals surface area contributed by atoms with Crippen LogP contribution in [0.2, 0.25) is 0 Å². The molecule has 1 heterocycles. The highest BCUT2D eigenvalue weighted by Crippen LogP contribution is 2.25. The number of nitrogens with one attached hydrogen (secondary N) is 1. The van der Waals surface area contributed by atoms with Crippen molar-refractivity contribution in [2.45, 2.75) is 19.4 Å².